The molecule has 0 saturated carbocycles. The van der Waals surface area contributed by atoms with Gasteiger partial charge in [0.15, 0.2) is 0 Å². The lowest BCUT2D eigenvalue weighted by Gasteiger charge is -2.32. The Morgan fingerprint density at radius 1 is 1.30 bits per heavy atom. The molecule has 0 aromatic heterocycles. The summed E-state index contributed by atoms with van der Waals surface area (Å²) in [6.45, 7) is 7.52. The summed E-state index contributed by atoms with van der Waals surface area (Å²) in [5.41, 5.74) is 1.37. The van der Waals surface area contributed by atoms with Gasteiger partial charge in [-0.15, -0.1) is 12.4 Å². The van der Waals surface area contributed by atoms with Crippen molar-refractivity contribution in [1.82, 2.24) is 10.2 Å². The van der Waals surface area contributed by atoms with Crippen molar-refractivity contribution in [1.29, 1.82) is 0 Å². The fraction of sp³-hybridized carbons (Fsp3) is 0.625. The fourth-order valence-electron chi connectivity index (χ4n) is 2.64. The predicted molar refractivity (Wildman–Crippen MR) is 86.8 cm³/mol. The minimum atomic E-state index is 0. The molecule has 1 heterocycles. The predicted octanol–water partition coefficient (Wildman–Crippen LogP) is 3.08. The summed E-state index contributed by atoms with van der Waals surface area (Å²) >= 11 is 0. The molecule has 1 saturated heterocycles. The Kier molecular flexibility index (Phi) is 7.35. The Balaban J connectivity index is 0.00000200. The lowest BCUT2D eigenvalue weighted by atomic mass is 10.1. The Labute approximate surface area is 129 Å². The molecule has 0 bridgehead atoms. The number of halogens is 1. The SMILES string of the molecule is CNC1CCCN(Cc2ccc(OC(C)C)cc2)C1.Cl. The zero-order valence-corrected chi connectivity index (χ0v) is 13.6. The van der Waals surface area contributed by atoms with Gasteiger partial charge in [-0.3, -0.25) is 4.90 Å². The number of rotatable bonds is 5. The van der Waals surface area contributed by atoms with Crippen LogP contribution in [-0.2, 0) is 6.54 Å². The number of hydrogen-bond acceptors (Lipinski definition) is 3. The van der Waals surface area contributed by atoms with E-state index in [4.69, 9.17) is 4.74 Å². The molecule has 1 fully saturated rings. The Bertz CT molecular complexity index is 381. The van der Waals surface area contributed by atoms with Crippen LogP contribution in [0.15, 0.2) is 24.3 Å². The molecule has 1 aliphatic heterocycles. The van der Waals surface area contributed by atoms with Gasteiger partial charge < -0.3 is 10.1 Å². The second kappa shape index (κ2) is 8.50. The number of piperidine rings is 1. The first kappa shape index (κ1) is 17.3. The molecule has 1 atom stereocenters. The van der Waals surface area contributed by atoms with E-state index >= 15 is 0 Å². The highest BCUT2D eigenvalue weighted by Gasteiger charge is 2.18. The highest BCUT2D eigenvalue weighted by atomic mass is 35.5. The zero-order valence-electron chi connectivity index (χ0n) is 12.8. The third kappa shape index (κ3) is 5.31. The van der Waals surface area contributed by atoms with Crippen molar-refractivity contribution in [2.45, 2.75) is 45.4 Å². The van der Waals surface area contributed by atoms with Crippen LogP contribution >= 0.6 is 12.4 Å². The number of likely N-dealkylation sites (tertiary alicyclic amines) is 1. The van der Waals surface area contributed by atoms with Crippen LogP contribution in [0.25, 0.3) is 0 Å². The van der Waals surface area contributed by atoms with E-state index in [1.54, 1.807) is 0 Å². The van der Waals surface area contributed by atoms with Crippen molar-refractivity contribution in [2.24, 2.45) is 0 Å². The van der Waals surface area contributed by atoms with Crippen LogP contribution in [0.1, 0.15) is 32.3 Å². The fourth-order valence-corrected chi connectivity index (χ4v) is 2.64. The van der Waals surface area contributed by atoms with Crippen LogP contribution in [0, 0.1) is 0 Å². The van der Waals surface area contributed by atoms with E-state index in [9.17, 15) is 0 Å². The molecule has 0 aliphatic carbocycles. The summed E-state index contributed by atoms with van der Waals surface area (Å²) < 4.78 is 5.67. The van der Waals surface area contributed by atoms with Gasteiger partial charge in [0.1, 0.15) is 5.75 Å². The number of benzene rings is 1. The molecule has 20 heavy (non-hydrogen) atoms. The monoisotopic (exact) mass is 298 g/mol. The first-order chi connectivity index (χ1) is 9.17. The lowest BCUT2D eigenvalue weighted by molar-refractivity contribution is 0.188. The first-order valence-electron chi connectivity index (χ1n) is 7.32. The van der Waals surface area contributed by atoms with Crippen molar-refractivity contribution in [3.8, 4) is 5.75 Å². The van der Waals surface area contributed by atoms with Gasteiger partial charge in [-0.05, 0) is 58.0 Å². The molecule has 0 radical (unpaired) electrons. The molecule has 2 rings (SSSR count). The smallest absolute Gasteiger partial charge is 0.119 e. The van der Waals surface area contributed by atoms with Gasteiger partial charge in [0, 0.05) is 19.1 Å². The molecule has 4 heteroatoms. The molecular weight excluding hydrogens is 272 g/mol. The third-order valence-electron chi connectivity index (χ3n) is 3.62. The van der Waals surface area contributed by atoms with Crippen LogP contribution in [0.4, 0.5) is 0 Å². The Morgan fingerprint density at radius 3 is 2.60 bits per heavy atom. The van der Waals surface area contributed by atoms with Gasteiger partial charge in [0.2, 0.25) is 0 Å². The van der Waals surface area contributed by atoms with Crippen LogP contribution in [-0.4, -0.2) is 37.2 Å². The van der Waals surface area contributed by atoms with E-state index in [2.05, 4.69) is 55.4 Å². The topological polar surface area (TPSA) is 24.5 Å². The van der Waals surface area contributed by atoms with Crippen molar-refractivity contribution >= 4 is 12.4 Å². The lowest BCUT2D eigenvalue weighted by Crippen LogP contribution is -2.43. The molecule has 1 N–H and O–H groups in total. The second-order valence-corrected chi connectivity index (χ2v) is 5.67. The number of nitrogens with zero attached hydrogens (tertiary/aromatic N) is 1. The molecule has 1 unspecified atom stereocenters. The van der Waals surface area contributed by atoms with Crippen LogP contribution in [0.3, 0.4) is 0 Å². The van der Waals surface area contributed by atoms with E-state index < -0.39 is 0 Å². The summed E-state index contributed by atoms with van der Waals surface area (Å²) in [6.07, 6.45) is 2.83. The summed E-state index contributed by atoms with van der Waals surface area (Å²) in [7, 11) is 2.06. The van der Waals surface area contributed by atoms with Crippen molar-refractivity contribution in [3.63, 3.8) is 0 Å². The largest absolute Gasteiger partial charge is 0.491 e. The Hall–Kier alpha value is -0.770. The Morgan fingerprint density at radius 2 is 2.00 bits per heavy atom. The van der Waals surface area contributed by atoms with Gasteiger partial charge in [0.25, 0.3) is 0 Å². The molecule has 1 aromatic carbocycles. The van der Waals surface area contributed by atoms with Crippen molar-refractivity contribution in [3.05, 3.63) is 29.8 Å². The van der Waals surface area contributed by atoms with E-state index in [1.807, 2.05) is 0 Å². The molecule has 0 spiro atoms. The summed E-state index contributed by atoms with van der Waals surface area (Å²) in [5, 5.41) is 3.39. The summed E-state index contributed by atoms with van der Waals surface area (Å²) in [5.74, 6) is 0.963. The van der Waals surface area contributed by atoms with E-state index in [-0.39, 0.29) is 18.5 Å². The van der Waals surface area contributed by atoms with Gasteiger partial charge in [-0.25, -0.2) is 0 Å². The number of hydrogen-bond donors (Lipinski definition) is 1. The zero-order chi connectivity index (χ0) is 13.7. The highest BCUT2D eigenvalue weighted by Crippen LogP contribution is 2.17. The number of likely N-dealkylation sites (N-methyl/N-ethyl adjacent to an activating group) is 1. The van der Waals surface area contributed by atoms with Crippen LogP contribution < -0.4 is 10.1 Å². The second-order valence-electron chi connectivity index (χ2n) is 5.67. The maximum atomic E-state index is 5.67. The first-order valence-corrected chi connectivity index (χ1v) is 7.32. The normalized spacial score (nSPS) is 19.7. The average Bonchev–Trinajstić information content (AvgIpc) is 2.41. The number of nitrogens with one attached hydrogen (secondary N) is 1. The summed E-state index contributed by atoms with van der Waals surface area (Å²) in [6, 6.07) is 9.17. The van der Waals surface area contributed by atoms with E-state index in [0.29, 0.717) is 6.04 Å². The van der Waals surface area contributed by atoms with Gasteiger partial charge in [-0.2, -0.15) is 0 Å². The molecular formula is C16H27ClN2O. The molecule has 1 aliphatic rings. The maximum Gasteiger partial charge on any atom is 0.119 e. The molecule has 1 aromatic rings. The van der Waals surface area contributed by atoms with Gasteiger partial charge in [-0.1, -0.05) is 12.1 Å². The van der Waals surface area contributed by atoms with Gasteiger partial charge >= 0.3 is 0 Å². The van der Waals surface area contributed by atoms with Crippen molar-refractivity contribution < 1.29 is 4.74 Å². The van der Waals surface area contributed by atoms with E-state index in [1.165, 1.54) is 24.9 Å². The highest BCUT2D eigenvalue weighted by molar-refractivity contribution is 5.85. The number of ether oxygens (including phenoxy) is 1. The molecule has 0 amide bonds. The standard InChI is InChI=1S/C16H26N2O.ClH/c1-13(2)19-16-8-6-14(7-9-16)11-18-10-4-5-15(12-18)17-3;/h6-9,13,15,17H,4-5,10-12H2,1-3H3;1H. The van der Waals surface area contributed by atoms with Crippen LogP contribution in [0.5, 0.6) is 5.75 Å². The third-order valence-corrected chi connectivity index (χ3v) is 3.62. The maximum absolute atomic E-state index is 5.67. The van der Waals surface area contributed by atoms with Gasteiger partial charge in [0.05, 0.1) is 6.10 Å². The van der Waals surface area contributed by atoms with Crippen LogP contribution in [0.2, 0.25) is 0 Å². The minimum Gasteiger partial charge on any atom is -0.491 e. The minimum absolute atomic E-state index is 0. The van der Waals surface area contributed by atoms with E-state index in [0.717, 1.165) is 18.8 Å². The van der Waals surface area contributed by atoms with Crippen molar-refractivity contribution in [2.75, 3.05) is 20.1 Å². The quantitative estimate of drug-likeness (QED) is 0.904. The average molecular weight is 299 g/mol. The summed E-state index contributed by atoms with van der Waals surface area (Å²) in [4.78, 5) is 2.53. The molecule has 114 valence electrons. The molecule has 3 nitrogen and oxygen atoms in total.